The van der Waals surface area contributed by atoms with Crippen molar-refractivity contribution in [1.29, 1.82) is 0 Å². The smallest absolute Gasteiger partial charge is 0.248 e. The van der Waals surface area contributed by atoms with E-state index < -0.39 is 29.1 Å². The second kappa shape index (κ2) is 9.82. The summed E-state index contributed by atoms with van der Waals surface area (Å²) in [7, 11) is 0. The number of carbonyl (C=O) groups is 3. The lowest BCUT2D eigenvalue weighted by Gasteiger charge is -2.39. The van der Waals surface area contributed by atoms with Crippen LogP contribution in [0.5, 0.6) is 0 Å². The van der Waals surface area contributed by atoms with Gasteiger partial charge in [-0.1, -0.05) is 26.0 Å². The van der Waals surface area contributed by atoms with Gasteiger partial charge < -0.3 is 24.5 Å². The Morgan fingerprint density at radius 1 is 1.26 bits per heavy atom. The van der Waals surface area contributed by atoms with Crippen LogP contribution >= 0.6 is 0 Å². The van der Waals surface area contributed by atoms with Crippen molar-refractivity contribution in [2.24, 2.45) is 17.8 Å². The maximum atomic E-state index is 14.0. The molecule has 3 rings (SSSR count). The van der Waals surface area contributed by atoms with Crippen LogP contribution in [-0.2, 0) is 19.1 Å². The molecule has 0 aromatic rings. The van der Waals surface area contributed by atoms with Gasteiger partial charge in [-0.2, -0.15) is 0 Å². The van der Waals surface area contributed by atoms with Crippen molar-refractivity contribution in [3.63, 3.8) is 0 Å². The fraction of sp³-hybridized carbons (Fsp3) is 0.731. The van der Waals surface area contributed by atoms with Crippen molar-refractivity contribution < 1.29 is 24.2 Å². The highest BCUT2D eigenvalue weighted by molar-refractivity contribution is 5.99. The van der Waals surface area contributed by atoms with Crippen molar-refractivity contribution in [3.05, 3.63) is 25.3 Å². The number of aliphatic hydroxyl groups excluding tert-OH is 1. The van der Waals surface area contributed by atoms with Gasteiger partial charge in [0.15, 0.2) is 0 Å². The Morgan fingerprint density at radius 3 is 2.44 bits per heavy atom. The molecular formula is C26H41N3O5. The van der Waals surface area contributed by atoms with E-state index in [-0.39, 0.29) is 42.8 Å². The van der Waals surface area contributed by atoms with Crippen LogP contribution < -0.4 is 0 Å². The van der Waals surface area contributed by atoms with Crippen LogP contribution in [0.25, 0.3) is 0 Å². The third-order valence-electron chi connectivity index (χ3n) is 8.04. The predicted molar refractivity (Wildman–Crippen MR) is 130 cm³/mol. The van der Waals surface area contributed by atoms with E-state index >= 15 is 0 Å². The molecule has 3 aliphatic heterocycles. The molecule has 2 bridgehead atoms. The van der Waals surface area contributed by atoms with Crippen LogP contribution in [0.15, 0.2) is 25.3 Å². The Hall–Kier alpha value is -2.19. The lowest BCUT2D eigenvalue weighted by molar-refractivity contribution is -0.155. The summed E-state index contributed by atoms with van der Waals surface area (Å²) in [6.07, 6.45) is 4.66. The zero-order chi connectivity index (χ0) is 25.4. The highest BCUT2D eigenvalue weighted by Gasteiger charge is 2.80. The lowest BCUT2D eigenvalue weighted by atomic mass is 9.62. The van der Waals surface area contributed by atoms with Crippen molar-refractivity contribution in [3.8, 4) is 0 Å². The molecule has 3 unspecified atom stereocenters. The maximum absolute atomic E-state index is 14.0. The number of amides is 3. The summed E-state index contributed by atoms with van der Waals surface area (Å²) in [6, 6.07) is -0.996. The number of rotatable bonds is 11. The van der Waals surface area contributed by atoms with E-state index in [1.54, 1.807) is 22.0 Å². The topological polar surface area (TPSA) is 90.4 Å². The van der Waals surface area contributed by atoms with E-state index in [0.29, 0.717) is 26.1 Å². The quantitative estimate of drug-likeness (QED) is 0.461. The number of nitrogens with zero attached hydrogens (tertiary/aromatic N) is 3. The van der Waals surface area contributed by atoms with Gasteiger partial charge in [0.25, 0.3) is 0 Å². The average molecular weight is 476 g/mol. The van der Waals surface area contributed by atoms with Gasteiger partial charge in [-0.25, -0.2) is 0 Å². The van der Waals surface area contributed by atoms with Crippen LogP contribution in [-0.4, -0.2) is 93.6 Å². The first-order valence-corrected chi connectivity index (χ1v) is 12.5. The van der Waals surface area contributed by atoms with Gasteiger partial charge in [0.05, 0.1) is 24.0 Å². The summed E-state index contributed by atoms with van der Waals surface area (Å²) in [5.41, 5.74) is -1.95. The first kappa shape index (κ1) is 26.4. The number of carbonyl (C=O) groups excluding carboxylic acids is 3. The number of fused-ring (bicyclic) bond motifs is 1. The molecule has 0 aromatic heterocycles. The highest BCUT2D eigenvalue weighted by Crippen LogP contribution is 2.65. The molecule has 34 heavy (non-hydrogen) atoms. The Kier molecular flexibility index (Phi) is 7.63. The molecule has 3 amide bonds. The van der Waals surface area contributed by atoms with Crippen molar-refractivity contribution in [2.45, 2.75) is 70.7 Å². The number of hydrogen-bond acceptors (Lipinski definition) is 5. The molecule has 3 saturated heterocycles. The molecule has 1 spiro atoms. The molecule has 8 heteroatoms. The zero-order valence-corrected chi connectivity index (χ0v) is 21.3. The largest absolute Gasteiger partial charge is 0.395 e. The molecule has 6 atom stereocenters. The summed E-state index contributed by atoms with van der Waals surface area (Å²) in [5.74, 6) is -2.10. The van der Waals surface area contributed by atoms with Gasteiger partial charge >= 0.3 is 0 Å². The number of β-amino-alcohol motifs (C(OH)–C–C–N with tert-alkyl or cyclic N) is 1. The average Bonchev–Trinajstić information content (AvgIpc) is 3.28. The molecule has 0 radical (unpaired) electrons. The first-order chi connectivity index (χ1) is 16.0. The van der Waals surface area contributed by atoms with Crippen LogP contribution in [0.4, 0.5) is 0 Å². The fourth-order valence-electron chi connectivity index (χ4n) is 6.51. The molecule has 3 aliphatic rings. The number of likely N-dealkylation sites (tertiary alicyclic amines) is 1. The van der Waals surface area contributed by atoms with Crippen LogP contribution in [0.2, 0.25) is 0 Å². The predicted octanol–water partition coefficient (Wildman–Crippen LogP) is 1.84. The molecule has 3 heterocycles. The molecule has 1 N–H and O–H groups in total. The summed E-state index contributed by atoms with van der Waals surface area (Å²) < 4.78 is 6.72. The first-order valence-electron chi connectivity index (χ1n) is 12.5. The third kappa shape index (κ3) is 3.79. The minimum atomic E-state index is -1.10. The zero-order valence-electron chi connectivity index (χ0n) is 21.3. The van der Waals surface area contributed by atoms with E-state index in [0.717, 1.165) is 6.42 Å². The van der Waals surface area contributed by atoms with E-state index in [4.69, 9.17) is 4.74 Å². The van der Waals surface area contributed by atoms with Gasteiger partial charge in [-0.3, -0.25) is 14.4 Å². The molecule has 0 aliphatic carbocycles. The van der Waals surface area contributed by atoms with Crippen LogP contribution in [0.3, 0.4) is 0 Å². The fourth-order valence-corrected chi connectivity index (χ4v) is 6.51. The molecule has 190 valence electrons. The highest BCUT2D eigenvalue weighted by atomic mass is 16.5. The summed E-state index contributed by atoms with van der Waals surface area (Å²) >= 11 is 0. The normalized spacial score (nSPS) is 33.9. The third-order valence-corrected chi connectivity index (χ3v) is 8.04. The SMILES string of the molecule is C=CCN(CCC)C(=O)[C@H]1[C@H]2C(=O)N(CCO)C(C(=O)N(CC=C)C(C)C)C23CC(C)[C@]1(C)O3. The van der Waals surface area contributed by atoms with Crippen LogP contribution in [0, 0.1) is 17.8 Å². The summed E-state index contributed by atoms with van der Waals surface area (Å²) in [4.78, 5) is 46.6. The Labute approximate surface area is 203 Å². The second-order valence-corrected chi connectivity index (χ2v) is 10.4. The van der Waals surface area contributed by atoms with Crippen LogP contribution in [0.1, 0.15) is 47.5 Å². The van der Waals surface area contributed by atoms with Gasteiger partial charge in [0.1, 0.15) is 11.6 Å². The minimum Gasteiger partial charge on any atom is -0.395 e. The lowest BCUT2D eigenvalue weighted by Crippen LogP contribution is -2.58. The Morgan fingerprint density at radius 2 is 1.91 bits per heavy atom. The molecule has 0 saturated carbocycles. The standard InChI is InChI=1S/C26H41N3O5/c1-8-11-27(12-9-2)22(31)19-20-23(32)29(14-15-30)21(24(33)28(13-10-3)17(4)5)26(20)16-18(6)25(19,7)34-26/h8,10,17-21,30H,1,3,9,11-16H2,2,4-7H3/t18?,19-,20+,21?,25+,26?/m1/s1. The summed E-state index contributed by atoms with van der Waals surface area (Å²) in [5, 5.41) is 9.77. The van der Waals surface area contributed by atoms with Gasteiger partial charge in [0, 0.05) is 32.2 Å². The maximum Gasteiger partial charge on any atom is 0.248 e. The second-order valence-electron chi connectivity index (χ2n) is 10.4. The molecular weight excluding hydrogens is 434 g/mol. The number of aliphatic hydroxyl groups is 1. The minimum absolute atomic E-state index is 0.0195. The van der Waals surface area contributed by atoms with E-state index in [1.807, 2.05) is 34.6 Å². The summed E-state index contributed by atoms with van der Waals surface area (Å²) in [6.45, 7) is 18.4. The van der Waals surface area contributed by atoms with Gasteiger partial charge in [0.2, 0.25) is 17.7 Å². The van der Waals surface area contributed by atoms with Crippen molar-refractivity contribution in [1.82, 2.24) is 14.7 Å². The van der Waals surface area contributed by atoms with Crippen molar-refractivity contribution in [2.75, 3.05) is 32.8 Å². The molecule has 3 fully saturated rings. The monoisotopic (exact) mass is 475 g/mol. The van der Waals surface area contributed by atoms with E-state index in [1.165, 1.54) is 4.90 Å². The van der Waals surface area contributed by atoms with Crippen molar-refractivity contribution >= 4 is 17.7 Å². The van der Waals surface area contributed by atoms with E-state index in [9.17, 15) is 19.5 Å². The van der Waals surface area contributed by atoms with Gasteiger partial charge in [-0.15, -0.1) is 13.2 Å². The van der Waals surface area contributed by atoms with Gasteiger partial charge in [-0.05, 0) is 39.5 Å². The van der Waals surface area contributed by atoms with E-state index in [2.05, 4.69) is 13.2 Å². The Balaban J connectivity index is 2.12. The number of ether oxygens (including phenoxy) is 1. The number of hydrogen-bond donors (Lipinski definition) is 1. The molecule has 0 aromatic carbocycles. The Bertz CT molecular complexity index is 844. The molecule has 8 nitrogen and oxygen atoms in total.